The van der Waals surface area contributed by atoms with Crippen LogP contribution in [0.15, 0.2) is 60.7 Å². The fourth-order valence-corrected chi connectivity index (χ4v) is 4.19. The zero-order valence-electron chi connectivity index (χ0n) is 21.2. The van der Waals surface area contributed by atoms with Crippen molar-refractivity contribution in [1.82, 2.24) is 0 Å². The largest absolute Gasteiger partial charge is 0.435 e. The lowest BCUT2D eigenvalue weighted by atomic mass is 9.85. The highest BCUT2D eigenvalue weighted by atomic mass is 19.4. The number of rotatable bonds is 6. The number of hydrogen-bond donors (Lipinski definition) is 2. The second-order valence-electron chi connectivity index (χ2n) is 9.36. The first-order valence-corrected chi connectivity index (χ1v) is 12.0. The Morgan fingerprint density at radius 2 is 1.37 bits per heavy atom. The number of carbonyl (C=O) groups is 2. The highest BCUT2D eigenvalue weighted by Crippen LogP contribution is 2.56. The average Bonchev–Trinajstić information content (AvgIpc) is 3.76. The molecule has 3 aromatic carbocycles. The lowest BCUT2D eigenvalue weighted by Crippen LogP contribution is -2.50. The van der Waals surface area contributed by atoms with Crippen molar-refractivity contribution in [2.24, 2.45) is 0 Å². The molecule has 1 aliphatic heterocycles. The number of halogens is 10. The van der Waals surface area contributed by atoms with Crippen LogP contribution in [0.3, 0.4) is 0 Å². The van der Waals surface area contributed by atoms with E-state index in [2.05, 4.69) is 5.32 Å². The summed E-state index contributed by atoms with van der Waals surface area (Å²) in [6.07, 6.45) is -19.1. The number of amides is 2. The molecule has 5 nitrogen and oxygen atoms in total. The van der Waals surface area contributed by atoms with Gasteiger partial charge in [0.15, 0.2) is 0 Å². The van der Waals surface area contributed by atoms with Crippen molar-refractivity contribution < 1.29 is 53.5 Å². The van der Waals surface area contributed by atoms with E-state index in [1.807, 2.05) is 5.32 Å². The molecule has 1 radical (unpaired) electrons. The molecule has 1 heterocycles. The van der Waals surface area contributed by atoms with Crippen molar-refractivity contribution in [3.05, 3.63) is 94.0 Å². The fraction of sp³-hybridized carbons (Fsp3) is 0.222. The van der Waals surface area contributed by atoms with Gasteiger partial charge in [-0.3, -0.25) is 9.59 Å². The number of hydrogen-bond acceptors (Lipinski definition) is 3. The zero-order chi connectivity index (χ0) is 32.0. The van der Waals surface area contributed by atoms with E-state index >= 15 is 0 Å². The number of alkyl halides is 10. The maximum atomic E-state index is 14.8. The molecule has 1 unspecified atom stereocenters. The minimum atomic E-state index is -6.67. The van der Waals surface area contributed by atoms with E-state index in [0.717, 1.165) is 18.2 Å². The van der Waals surface area contributed by atoms with Crippen LogP contribution in [-0.2, 0) is 11.8 Å². The van der Waals surface area contributed by atoms with Gasteiger partial charge < -0.3 is 10.6 Å². The summed E-state index contributed by atoms with van der Waals surface area (Å²) in [5, 5.41) is 13.6. The van der Waals surface area contributed by atoms with Crippen molar-refractivity contribution in [3.63, 3.8) is 0 Å². The molecule has 0 aromatic heterocycles. The predicted molar refractivity (Wildman–Crippen MR) is 133 cm³/mol. The third kappa shape index (κ3) is 6.16. The molecule has 4 rings (SSSR count). The van der Waals surface area contributed by atoms with E-state index in [9.17, 15) is 58.8 Å². The van der Waals surface area contributed by atoms with Crippen molar-refractivity contribution in [2.45, 2.75) is 36.3 Å². The average molecular weight is 614 g/mol. The van der Waals surface area contributed by atoms with Gasteiger partial charge in [0.05, 0.1) is 22.5 Å². The summed E-state index contributed by atoms with van der Waals surface area (Å²) in [4.78, 5) is 25.6. The third-order valence-corrected chi connectivity index (χ3v) is 6.45. The molecule has 3 aromatic rings. The Balaban J connectivity index is 1.79. The van der Waals surface area contributed by atoms with E-state index in [0.29, 0.717) is 0 Å². The van der Waals surface area contributed by atoms with Crippen LogP contribution in [0.2, 0.25) is 6.32 Å². The monoisotopic (exact) mass is 614 g/mol. The topological polar surface area (TPSA) is 82.0 Å². The summed E-state index contributed by atoms with van der Waals surface area (Å²) in [5.41, 5.74) is -13.3. The van der Waals surface area contributed by atoms with Crippen LogP contribution in [0.5, 0.6) is 0 Å². The molecule has 2 amide bonds. The van der Waals surface area contributed by atoms with Crippen molar-refractivity contribution in [3.8, 4) is 6.07 Å². The van der Waals surface area contributed by atoms with Crippen LogP contribution in [0, 0.1) is 11.3 Å². The normalized spacial score (nSPS) is 15.2. The lowest BCUT2D eigenvalue weighted by Gasteiger charge is -2.32. The van der Waals surface area contributed by atoms with Crippen LogP contribution in [-0.4, -0.2) is 31.4 Å². The minimum Gasteiger partial charge on any atom is -0.321 e. The molecule has 0 aliphatic carbocycles. The first-order chi connectivity index (χ1) is 19.9. The molecule has 1 atom stereocenters. The van der Waals surface area contributed by atoms with Gasteiger partial charge in [0.25, 0.3) is 11.8 Å². The third-order valence-electron chi connectivity index (χ3n) is 6.45. The predicted octanol–water partition coefficient (Wildman–Crippen LogP) is 7.55. The van der Waals surface area contributed by atoms with Gasteiger partial charge in [0.2, 0.25) is 0 Å². The summed E-state index contributed by atoms with van der Waals surface area (Å²) in [5.74, 6) is -3.15. The summed E-state index contributed by atoms with van der Waals surface area (Å²) in [7, 11) is 1.23. The Morgan fingerprint density at radius 1 is 0.791 bits per heavy atom. The maximum Gasteiger partial charge on any atom is 0.435 e. The minimum absolute atomic E-state index is 0.00426. The molecule has 0 saturated carbocycles. The van der Waals surface area contributed by atoms with Gasteiger partial charge in [-0.1, -0.05) is 30.6 Å². The lowest BCUT2D eigenvalue weighted by molar-refractivity contribution is -0.348. The Labute approximate surface area is 236 Å². The fourth-order valence-electron chi connectivity index (χ4n) is 4.19. The zero-order valence-corrected chi connectivity index (χ0v) is 21.2. The van der Waals surface area contributed by atoms with Crippen molar-refractivity contribution >= 4 is 30.5 Å². The van der Waals surface area contributed by atoms with E-state index in [4.69, 9.17) is 0 Å². The number of nitriles is 1. The van der Waals surface area contributed by atoms with Gasteiger partial charge in [0, 0.05) is 16.7 Å². The Bertz CT molecular complexity index is 1590. The van der Waals surface area contributed by atoms with Crippen molar-refractivity contribution in [1.29, 1.82) is 5.26 Å². The number of benzene rings is 3. The van der Waals surface area contributed by atoms with E-state index in [-0.39, 0.29) is 29.2 Å². The molecule has 43 heavy (non-hydrogen) atoms. The van der Waals surface area contributed by atoms with Crippen LogP contribution in [0.4, 0.5) is 55.3 Å². The second-order valence-corrected chi connectivity index (χ2v) is 9.36. The number of nitrogens with zero attached hydrogens (tertiary/aromatic N) is 1. The van der Waals surface area contributed by atoms with Gasteiger partial charge in [-0.2, -0.15) is 44.8 Å². The molecule has 1 fully saturated rings. The number of nitrogens with one attached hydrogen (secondary N) is 2. The van der Waals surface area contributed by atoms with E-state index < -0.39 is 75.8 Å². The standard InChI is InChI=1S/C27H15BF10N3O2/c29-24(26(33,34)35,27(36,37)38)16-9-17(19-11-28-19)21(18(10-16)25(30,31)32)41-23(43)14-6-7-15(12-39)20(8-14)40-22(42)13-4-2-1-3-5-13/h1-10,19H,11H2,(H,40,42)(H,41,43). The molecular weight excluding hydrogens is 599 g/mol. The Kier molecular flexibility index (Phi) is 7.99. The van der Waals surface area contributed by atoms with Gasteiger partial charge in [-0.15, -0.1) is 0 Å². The molecule has 0 bridgehead atoms. The molecule has 223 valence electrons. The maximum absolute atomic E-state index is 14.8. The molecule has 16 heteroatoms. The van der Waals surface area contributed by atoms with Gasteiger partial charge in [-0.25, -0.2) is 4.39 Å². The first-order valence-electron chi connectivity index (χ1n) is 12.0. The highest BCUT2D eigenvalue weighted by Gasteiger charge is 2.73. The SMILES string of the molecule is N#Cc1ccc(C(=O)Nc2c(C3[B]C3)cc(C(F)(C(F)(F)F)C(F)(F)F)cc2C(F)(F)F)cc1NC(=O)c1ccccc1. The van der Waals surface area contributed by atoms with Crippen molar-refractivity contribution in [2.75, 3.05) is 10.6 Å². The summed E-state index contributed by atoms with van der Waals surface area (Å²) in [6.45, 7) is 0. The molecule has 2 N–H and O–H groups in total. The molecular formula is C27H15BF10N3O2. The van der Waals surface area contributed by atoms with Gasteiger partial charge >= 0.3 is 24.2 Å². The van der Waals surface area contributed by atoms with E-state index in [1.54, 1.807) is 24.3 Å². The second kappa shape index (κ2) is 10.9. The van der Waals surface area contributed by atoms with Crippen LogP contribution < -0.4 is 10.6 Å². The van der Waals surface area contributed by atoms with Crippen LogP contribution in [0.25, 0.3) is 0 Å². The van der Waals surface area contributed by atoms with E-state index in [1.165, 1.54) is 19.4 Å². The number of carbonyl (C=O) groups excluding carboxylic acids is 2. The molecule has 1 saturated heterocycles. The first kappa shape index (κ1) is 31.4. The number of anilines is 2. The Morgan fingerprint density at radius 3 is 1.88 bits per heavy atom. The summed E-state index contributed by atoms with van der Waals surface area (Å²) in [6, 6.07) is 11.7. The summed E-state index contributed by atoms with van der Waals surface area (Å²) < 4.78 is 137. The van der Waals surface area contributed by atoms with Gasteiger partial charge in [0.1, 0.15) is 13.3 Å². The molecule has 0 spiro atoms. The summed E-state index contributed by atoms with van der Waals surface area (Å²) >= 11 is 0. The van der Waals surface area contributed by atoms with Crippen LogP contribution >= 0.6 is 0 Å². The molecule has 1 aliphatic rings. The van der Waals surface area contributed by atoms with Crippen LogP contribution in [0.1, 0.15) is 48.8 Å². The highest BCUT2D eigenvalue weighted by molar-refractivity contribution is 6.51. The quantitative estimate of drug-likeness (QED) is 0.222. The Hall–Kier alpha value is -4.55. The smallest absolute Gasteiger partial charge is 0.321 e. The van der Waals surface area contributed by atoms with Gasteiger partial charge in [-0.05, 0) is 47.8 Å².